The lowest BCUT2D eigenvalue weighted by atomic mass is 10.1. The zero-order valence-electron chi connectivity index (χ0n) is 9.45. The van der Waals surface area contributed by atoms with Gasteiger partial charge < -0.3 is 10.4 Å². The van der Waals surface area contributed by atoms with Crippen molar-refractivity contribution >= 4 is 56.5 Å². The molecule has 98 valence electrons. The van der Waals surface area contributed by atoms with Gasteiger partial charge in [-0.1, -0.05) is 35.3 Å². The highest BCUT2D eigenvalue weighted by atomic mass is 79.9. The summed E-state index contributed by atoms with van der Waals surface area (Å²) in [4.78, 5) is 11.2. The molecule has 2 N–H and O–H groups in total. The highest BCUT2D eigenvalue weighted by Crippen LogP contribution is 2.34. The third-order valence-corrected chi connectivity index (χ3v) is 3.59. The fourth-order valence-electron chi connectivity index (χ4n) is 1.57. The number of halogens is 3. The van der Waals surface area contributed by atoms with E-state index < -0.39 is 5.97 Å². The molecule has 2 aromatic rings. The average Bonchev–Trinajstić information content (AvgIpc) is 2.34. The van der Waals surface area contributed by atoms with E-state index in [9.17, 15) is 9.90 Å². The van der Waals surface area contributed by atoms with Crippen LogP contribution in [0.5, 0.6) is 0 Å². The van der Waals surface area contributed by atoms with E-state index >= 15 is 0 Å². The van der Waals surface area contributed by atoms with Gasteiger partial charge >= 0.3 is 5.97 Å². The number of anilines is 2. The maximum absolute atomic E-state index is 11.2. The minimum Gasteiger partial charge on any atom is -0.478 e. The zero-order valence-corrected chi connectivity index (χ0v) is 12.6. The Kier molecular flexibility index (Phi) is 4.34. The fourth-order valence-corrected chi connectivity index (χ4v) is 2.66. The number of hydrogen-bond acceptors (Lipinski definition) is 2. The van der Waals surface area contributed by atoms with Crippen LogP contribution in [0, 0.1) is 0 Å². The second kappa shape index (κ2) is 5.82. The molecule has 0 atom stereocenters. The lowest BCUT2D eigenvalue weighted by Crippen LogP contribution is -2.04. The van der Waals surface area contributed by atoms with E-state index in [0.29, 0.717) is 25.9 Å². The topological polar surface area (TPSA) is 49.3 Å². The van der Waals surface area contributed by atoms with Gasteiger partial charge in [0.1, 0.15) is 0 Å². The summed E-state index contributed by atoms with van der Waals surface area (Å²) in [5.74, 6) is -1.07. The first-order chi connectivity index (χ1) is 8.99. The molecule has 0 radical (unpaired) electrons. The molecule has 19 heavy (non-hydrogen) atoms. The Morgan fingerprint density at radius 2 is 1.89 bits per heavy atom. The van der Waals surface area contributed by atoms with Crippen LogP contribution in [-0.4, -0.2) is 11.1 Å². The van der Waals surface area contributed by atoms with Crippen LogP contribution in [0.25, 0.3) is 0 Å². The fraction of sp³-hybridized carbons (Fsp3) is 0. The van der Waals surface area contributed by atoms with Crippen LogP contribution in [0.1, 0.15) is 10.4 Å². The van der Waals surface area contributed by atoms with Crippen molar-refractivity contribution in [2.45, 2.75) is 0 Å². The van der Waals surface area contributed by atoms with Crippen LogP contribution in [0.2, 0.25) is 10.0 Å². The van der Waals surface area contributed by atoms with Crippen molar-refractivity contribution in [1.29, 1.82) is 0 Å². The Morgan fingerprint density at radius 3 is 2.53 bits per heavy atom. The van der Waals surface area contributed by atoms with Gasteiger partial charge in [-0.15, -0.1) is 0 Å². The maximum atomic E-state index is 11.2. The lowest BCUT2D eigenvalue weighted by molar-refractivity contribution is 0.0698. The number of nitrogens with one attached hydrogen (secondary N) is 1. The van der Waals surface area contributed by atoms with Crippen molar-refractivity contribution in [3.05, 3.63) is 56.5 Å². The second-order valence-corrected chi connectivity index (χ2v) is 5.42. The Bertz CT molecular complexity index is 647. The Morgan fingerprint density at radius 1 is 1.21 bits per heavy atom. The van der Waals surface area contributed by atoms with Crippen molar-refractivity contribution in [3.8, 4) is 0 Å². The number of carbonyl (C=O) groups is 1. The van der Waals surface area contributed by atoms with Crippen LogP contribution in [0.15, 0.2) is 40.9 Å². The molecule has 0 aliphatic rings. The molecule has 0 aromatic heterocycles. The van der Waals surface area contributed by atoms with Crippen molar-refractivity contribution < 1.29 is 9.90 Å². The largest absolute Gasteiger partial charge is 0.478 e. The quantitative estimate of drug-likeness (QED) is 0.791. The lowest BCUT2D eigenvalue weighted by Gasteiger charge is -2.13. The summed E-state index contributed by atoms with van der Waals surface area (Å²) in [7, 11) is 0. The summed E-state index contributed by atoms with van der Waals surface area (Å²) >= 11 is 15.2. The van der Waals surface area contributed by atoms with Crippen LogP contribution in [0.4, 0.5) is 11.4 Å². The smallest absolute Gasteiger partial charge is 0.337 e. The van der Waals surface area contributed by atoms with Gasteiger partial charge in [-0.3, -0.25) is 0 Å². The summed E-state index contributed by atoms with van der Waals surface area (Å²) in [6, 6.07) is 10.1. The molecule has 2 aromatic carbocycles. The molecule has 2 rings (SSSR count). The SMILES string of the molecule is O=C(O)c1cc(Cl)cc(Br)c1Nc1ccccc1Cl. The molecule has 0 aliphatic heterocycles. The first-order valence-corrected chi connectivity index (χ1v) is 6.78. The molecule has 0 fully saturated rings. The minimum absolute atomic E-state index is 0.0688. The Balaban J connectivity index is 2.51. The van der Waals surface area contributed by atoms with Crippen LogP contribution < -0.4 is 5.32 Å². The van der Waals surface area contributed by atoms with Gasteiger partial charge in [0.2, 0.25) is 0 Å². The van der Waals surface area contributed by atoms with Crippen molar-refractivity contribution in [2.24, 2.45) is 0 Å². The standard InChI is InChI=1S/C13H8BrCl2NO2/c14-9-6-7(15)5-8(13(18)19)12(9)17-11-4-2-1-3-10(11)16/h1-6,17H,(H,18,19). The van der Waals surface area contributed by atoms with Crippen molar-refractivity contribution in [3.63, 3.8) is 0 Å². The maximum Gasteiger partial charge on any atom is 0.337 e. The number of carboxylic acid groups (broad SMARTS) is 1. The third-order valence-electron chi connectivity index (χ3n) is 2.42. The van der Waals surface area contributed by atoms with Gasteiger partial charge in [0.05, 0.1) is 22.0 Å². The summed E-state index contributed by atoms with van der Waals surface area (Å²) in [6.45, 7) is 0. The number of hydrogen-bond donors (Lipinski definition) is 2. The molecular formula is C13H8BrCl2NO2. The van der Waals surface area contributed by atoms with E-state index in [4.69, 9.17) is 23.2 Å². The Hall–Kier alpha value is -1.23. The molecule has 3 nitrogen and oxygen atoms in total. The molecule has 0 unspecified atom stereocenters. The summed E-state index contributed by atoms with van der Waals surface area (Å²) in [5, 5.41) is 13.1. The molecule has 0 heterocycles. The molecule has 6 heteroatoms. The van der Waals surface area contributed by atoms with E-state index in [2.05, 4.69) is 21.2 Å². The van der Waals surface area contributed by atoms with E-state index in [1.165, 1.54) is 6.07 Å². The van der Waals surface area contributed by atoms with Gasteiger partial charge in [0.25, 0.3) is 0 Å². The zero-order chi connectivity index (χ0) is 14.0. The summed E-state index contributed by atoms with van der Waals surface area (Å²) < 4.78 is 0.553. The molecule has 0 amide bonds. The van der Waals surface area contributed by atoms with Crippen molar-refractivity contribution in [2.75, 3.05) is 5.32 Å². The molecule has 0 saturated carbocycles. The highest BCUT2D eigenvalue weighted by molar-refractivity contribution is 9.10. The van der Waals surface area contributed by atoms with Gasteiger partial charge in [0, 0.05) is 9.50 Å². The number of para-hydroxylation sites is 1. The first-order valence-electron chi connectivity index (χ1n) is 5.23. The second-order valence-electron chi connectivity index (χ2n) is 3.72. The van der Waals surface area contributed by atoms with Gasteiger partial charge in [-0.05, 0) is 40.2 Å². The number of carboxylic acids is 1. The molecule has 0 aliphatic carbocycles. The molecule has 0 bridgehead atoms. The predicted molar refractivity (Wildman–Crippen MR) is 80.8 cm³/mol. The number of rotatable bonds is 3. The van der Waals surface area contributed by atoms with Crippen molar-refractivity contribution in [1.82, 2.24) is 0 Å². The van der Waals surface area contributed by atoms with Gasteiger partial charge in [-0.2, -0.15) is 0 Å². The number of benzene rings is 2. The predicted octanol–water partition coefficient (Wildman–Crippen LogP) is 5.20. The summed E-state index contributed by atoms with van der Waals surface area (Å²) in [5.41, 5.74) is 1.10. The summed E-state index contributed by atoms with van der Waals surface area (Å²) in [6.07, 6.45) is 0. The minimum atomic E-state index is -1.07. The monoisotopic (exact) mass is 359 g/mol. The molecule has 0 spiro atoms. The molecule has 0 saturated heterocycles. The van der Waals surface area contributed by atoms with Crippen LogP contribution in [0.3, 0.4) is 0 Å². The normalized spacial score (nSPS) is 10.3. The first kappa shape index (κ1) is 14.2. The highest BCUT2D eigenvalue weighted by Gasteiger charge is 2.15. The van der Waals surface area contributed by atoms with Crippen LogP contribution >= 0.6 is 39.1 Å². The average molecular weight is 361 g/mol. The van der Waals surface area contributed by atoms with E-state index in [1.807, 2.05) is 0 Å². The number of aromatic carboxylic acids is 1. The van der Waals surface area contributed by atoms with Gasteiger partial charge in [-0.25, -0.2) is 4.79 Å². The molecular weight excluding hydrogens is 353 g/mol. The van der Waals surface area contributed by atoms with E-state index in [1.54, 1.807) is 30.3 Å². The van der Waals surface area contributed by atoms with E-state index in [0.717, 1.165) is 0 Å². The van der Waals surface area contributed by atoms with Gasteiger partial charge in [0.15, 0.2) is 0 Å². The van der Waals surface area contributed by atoms with E-state index in [-0.39, 0.29) is 5.56 Å². The third kappa shape index (κ3) is 3.21. The Labute approximate surface area is 128 Å². The van der Waals surface area contributed by atoms with Crippen LogP contribution in [-0.2, 0) is 0 Å².